The van der Waals surface area contributed by atoms with Crippen LogP contribution < -0.4 is 4.46 Å². The molecule has 0 aliphatic rings. The van der Waals surface area contributed by atoms with E-state index in [0.717, 1.165) is 12.8 Å². The second-order valence-corrected chi connectivity index (χ2v) is 9.52. The second kappa shape index (κ2) is 9.56. The van der Waals surface area contributed by atoms with E-state index in [2.05, 4.69) is 114 Å². The van der Waals surface area contributed by atoms with Crippen LogP contribution in [0.15, 0.2) is 91.0 Å². The number of rotatable bonds is 8. The molecular formula is C23H23ISe. The molecule has 0 fully saturated rings. The monoisotopic (exact) mass is 506 g/mol. The Kier molecular flexibility index (Phi) is 7.15. The molecule has 0 spiro atoms. The average molecular weight is 505 g/mol. The van der Waals surface area contributed by atoms with E-state index in [4.69, 9.17) is 0 Å². The zero-order chi connectivity index (χ0) is 17.4. The Morgan fingerprint density at radius 1 is 0.640 bits per heavy atom. The summed E-state index contributed by atoms with van der Waals surface area (Å²) in [6.45, 7) is 0. The van der Waals surface area contributed by atoms with Crippen LogP contribution in [0, 0.1) is 5.41 Å². The van der Waals surface area contributed by atoms with Gasteiger partial charge in [-0.1, -0.05) is 0 Å². The topological polar surface area (TPSA) is 0 Å². The summed E-state index contributed by atoms with van der Waals surface area (Å²) in [6, 6.07) is 33.0. The van der Waals surface area contributed by atoms with Gasteiger partial charge in [0.15, 0.2) is 0 Å². The molecule has 0 saturated heterocycles. The van der Waals surface area contributed by atoms with Gasteiger partial charge in [0.25, 0.3) is 0 Å². The van der Waals surface area contributed by atoms with E-state index in [1.54, 1.807) is 0 Å². The molecule has 0 radical (unpaired) electrons. The van der Waals surface area contributed by atoms with E-state index in [1.165, 1.54) is 25.3 Å². The number of halogens is 1. The summed E-state index contributed by atoms with van der Waals surface area (Å²) in [4.78, 5) is 0. The van der Waals surface area contributed by atoms with Crippen molar-refractivity contribution < 1.29 is 0 Å². The molecule has 0 atom stereocenters. The van der Waals surface area contributed by atoms with Crippen molar-refractivity contribution in [3.05, 3.63) is 102 Å². The van der Waals surface area contributed by atoms with E-state index in [0.29, 0.717) is 20.4 Å². The van der Waals surface area contributed by atoms with Gasteiger partial charge in [-0.25, -0.2) is 0 Å². The first-order valence-corrected chi connectivity index (χ1v) is 12.2. The van der Waals surface area contributed by atoms with Gasteiger partial charge in [0.05, 0.1) is 0 Å². The Morgan fingerprint density at radius 3 is 1.52 bits per heavy atom. The maximum atomic E-state index is 2.61. The summed E-state index contributed by atoms with van der Waals surface area (Å²) in [5, 5.41) is 1.27. The predicted octanol–water partition coefficient (Wildman–Crippen LogP) is 5.34. The molecule has 0 saturated carbocycles. The SMILES string of the molecule is ICC(C[Se]c1ccccc1)(Cc1ccccc1)Cc1ccccc1. The Bertz CT molecular complexity index is 699. The summed E-state index contributed by atoms with van der Waals surface area (Å²) in [6.07, 6.45) is 2.31. The van der Waals surface area contributed by atoms with Gasteiger partial charge in [-0.3, -0.25) is 0 Å². The summed E-state index contributed by atoms with van der Waals surface area (Å²) < 4.78 is 2.69. The van der Waals surface area contributed by atoms with Crippen molar-refractivity contribution in [1.82, 2.24) is 0 Å². The number of alkyl halides is 1. The maximum absolute atomic E-state index is 2.61. The Hall–Kier alpha value is -1.09. The molecule has 0 aliphatic carbocycles. The van der Waals surface area contributed by atoms with Crippen LogP contribution >= 0.6 is 22.6 Å². The zero-order valence-corrected chi connectivity index (χ0v) is 18.1. The molecule has 3 rings (SSSR count). The van der Waals surface area contributed by atoms with E-state index >= 15 is 0 Å². The molecule has 0 aliphatic heterocycles. The van der Waals surface area contributed by atoms with E-state index < -0.39 is 0 Å². The third-order valence-electron chi connectivity index (χ3n) is 4.42. The van der Waals surface area contributed by atoms with Crippen LogP contribution in [0.25, 0.3) is 0 Å². The molecule has 128 valence electrons. The van der Waals surface area contributed by atoms with Crippen molar-refractivity contribution >= 4 is 42.0 Å². The van der Waals surface area contributed by atoms with Gasteiger partial charge in [0.2, 0.25) is 0 Å². The molecular weight excluding hydrogens is 482 g/mol. The fourth-order valence-electron chi connectivity index (χ4n) is 3.11. The second-order valence-electron chi connectivity index (χ2n) is 6.56. The molecule has 3 aromatic rings. The minimum absolute atomic E-state index is 0.319. The number of benzene rings is 3. The van der Waals surface area contributed by atoms with E-state index in [-0.39, 0.29) is 0 Å². The fourth-order valence-corrected chi connectivity index (χ4v) is 7.11. The van der Waals surface area contributed by atoms with Crippen molar-refractivity contribution in [2.75, 3.05) is 4.43 Å². The number of hydrogen-bond acceptors (Lipinski definition) is 0. The van der Waals surface area contributed by atoms with E-state index in [1.807, 2.05) is 0 Å². The summed E-state index contributed by atoms with van der Waals surface area (Å²) >= 11 is 3.12. The van der Waals surface area contributed by atoms with Crippen LogP contribution in [-0.4, -0.2) is 19.4 Å². The zero-order valence-electron chi connectivity index (χ0n) is 14.3. The van der Waals surface area contributed by atoms with Gasteiger partial charge in [-0.05, 0) is 0 Å². The molecule has 0 N–H and O–H groups in total. The Balaban J connectivity index is 1.82. The molecule has 3 aromatic carbocycles. The van der Waals surface area contributed by atoms with Crippen molar-refractivity contribution in [3.63, 3.8) is 0 Å². The summed E-state index contributed by atoms with van der Waals surface area (Å²) in [5.74, 6) is 0. The van der Waals surface area contributed by atoms with Crippen LogP contribution in [0.4, 0.5) is 0 Å². The van der Waals surface area contributed by atoms with Crippen molar-refractivity contribution in [2.45, 2.75) is 18.2 Å². The molecule has 0 amide bonds. The summed E-state index contributed by atoms with van der Waals surface area (Å²) in [5.41, 5.74) is 3.23. The van der Waals surface area contributed by atoms with Gasteiger partial charge in [0.1, 0.15) is 0 Å². The van der Waals surface area contributed by atoms with Gasteiger partial charge in [-0.2, -0.15) is 0 Å². The van der Waals surface area contributed by atoms with Gasteiger partial charge in [0, 0.05) is 0 Å². The van der Waals surface area contributed by atoms with Crippen LogP contribution in [0.1, 0.15) is 11.1 Å². The molecule has 0 nitrogen and oxygen atoms in total. The van der Waals surface area contributed by atoms with Crippen LogP contribution in [-0.2, 0) is 12.8 Å². The molecule has 2 heteroatoms. The van der Waals surface area contributed by atoms with Crippen LogP contribution in [0.3, 0.4) is 0 Å². The first-order chi connectivity index (χ1) is 12.3. The standard InChI is InChI=1S/C23H23ISe/c24-18-23(16-20-10-4-1-5-11-20,17-21-12-6-2-7-13-21)19-25-22-14-8-3-9-15-22/h1-15H,16-19H2. The number of hydrogen-bond donors (Lipinski definition) is 0. The van der Waals surface area contributed by atoms with E-state index in [9.17, 15) is 0 Å². The quantitative estimate of drug-likeness (QED) is 0.220. The molecule has 0 aromatic heterocycles. The average Bonchev–Trinajstić information content (AvgIpc) is 2.68. The minimum atomic E-state index is 0.319. The Morgan fingerprint density at radius 2 is 1.08 bits per heavy atom. The molecule has 0 heterocycles. The third-order valence-corrected chi connectivity index (χ3v) is 8.89. The van der Waals surface area contributed by atoms with Crippen molar-refractivity contribution in [2.24, 2.45) is 5.41 Å². The normalized spacial score (nSPS) is 11.4. The Labute approximate surface area is 171 Å². The molecule has 25 heavy (non-hydrogen) atoms. The molecule has 0 bridgehead atoms. The van der Waals surface area contributed by atoms with Crippen LogP contribution in [0.5, 0.6) is 0 Å². The van der Waals surface area contributed by atoms with Crippen LogP contribution in [0.2, 0.25) is 5.32 Å². The van der Waals surface area contributed by atoms with Crippen molar-refractivity contribution in [3.8, 4) is 0 Å². The van der Waals surface area contributed by atoms with Gasteiger partial charge >= 0.3 is 172 Å². The van der Waals surface area contributed by atoms with Crippen molar-refractivity contribution in [1.29, 1.82) is 0 Å². The van der Waals surface area contributed by atoms with Gasteiger partial charge < -0.3 is 0 Å². The predicted molar refractivity (Wildman–Crippen MR) is 118 cm³/mol. The summed E-state index contributed by atoms with van der Waals surface area (Å²) in [7, 11) is 0. The third kappa shape index (κ3) is 5.70. The molecule has 0 unspecified atom stereocenters. The first kappa shape index (κ1) is 18.7. The fraction of sp³-hybridized carbons (Fsp3) is 0.217. The first-order valence-electron chi connectivity index (χ1n) is 8.61. The van der Waals surface area contributed by atoms with Gasteiger partial charge in [-0.15, -0.1) is 0 Å².